The molecule has 1 N–H and O–H groups in total. The van der Waals surface area contributed by atoms with E-state index in [-0.39, 0.29) is 11.9 Å². The fraction of sp³-hybridized carbons (Fsp3) is 0.333. The summed E-state index contributed by atoms with van der Waals surface area (Å²) in [5.41, 5.74) is 1.43. The molecular weight excluding hydrogens is 284 g/mol. The first-order chi connectivity index (χ1) is 10.6. The molecule has 0 saturated heterocycles. The van der Waals surface area contributed by atoms with Crippen LogP contribution >= 0.6 is 0 Å². The summed E-state index contributed by atoms with van der Waals surface area (Å²) in [5, 5.41) is 7.05. The van der Waals surface area contributed by atoms with Gasteiger partial charge in [0.05, 0.1) is 7.11 Å². The monoisotopic (exact) mass is 302 g/mol. The van der Waals surface area contributed by atoms with Crippen LogP contribution in [0.1, 0.15) is 28.9 Å². The van der Waals surface area contributed by atoms with Crippen molar-refractivity contribution >= 4 is 17.7 Å². The average Bonchev–Trinajstić information content (AvgIpc) is 2.87. The molecule has 0 aliphatic rings. The van der Waals surface area contributed by atoms with E-state index in [4.69, 9.17) is 0 Å². The van der Waals surface area contributed by atoms with Crippen LogP contribution in [0, 0.1) is 6.92 Å². The zero-order valence-corrected chi connectivity index (χ0v) is 12.6. The van der Waals surface area contributed by atoms with Gasteiger partial charge in [0.15, 0.2) is 5.82 Å². The van der Waals surface area contributed by atoms with Gasteiger partial charge in [-0.15, -0.1) is 0 Å². The molecule has 0 spiro atoms. The minimum atomic E-state index is -0.240. The zero-order valence-electron chi connectivity index (χ0n) is 12.6. The van der Waals surface area contributed by atoms with Gasteiger partial charge in [-0.2, -0.15) is 5.10 Å². The molecule has 0 atom stereocenters. The Hall–Kier alpha value is -2.70. The molecule has 22 heavy (non-hydrogen) atoms. The first-order valence-electron chi connectivity index (χ1n) is 6.93. The topological polar surface area (TPSA) is 86.1 Å². The number of esters is 1. The number of aryl methyl sites for hydroxylation is 2. The Morgan fingerprint density at radius 2 is 2.05 bits per heavy atom. The van der Waals surface area contributed by atoms with Crippen molar-refractivity contribution in [3.63, 3.8) is 0 Å². The standard InChI is InChI=1S/C15H18N4O3/c1-11-10-13(17-15(21)12-5-7-16-8-6-12)18-19(11)9-3-4-14(20)22-2/h5-8,10H,3-4,9H2,1-2H3,(H,17,18,21). The van der Waals surface area contributed by atoms with Gasteiger partial charge in [0, 0.05) is 42.7 Å². The fourth-order valence-corrected chi connectivity index (χ4v) is 1.96. The van der Waals surface area contributed by atoms with Gasteiger partial charge in [0.2, 0.25) is 0 Å². The number of rotatable bonds is 6. The molecular formula is C15H18N4O3. The lowest BCUT2D eigenvalue weighted by Gasteiger charge is -2.03. The lowest BCUT2D eigenvalue weighted by atomic mass is 10.2. The van der Waals surface area contributed by atoms with Crippen LogP contribution in [0.3, 0.4) is 0 Å². The first-order valence-corrected chi connectivity index (χ1v) is 6.93. The van der Waals surface area contributed by atoms with Crippen LogP contribution in [0.4, 0.5) is 5.82 Å². The summed E-state index contributed by atoms with van der Waals surface area (Å²) < 4.78 is 6.35. The summed E-state index contributed by atoms with van der Waals surface area (Å²) in [4.78, 5) is 27.0. The molecule has 0 fully saturated rings. The maximum absolute atomic E-state index is 12.0. The van der Waals surface area contributed by atoms with Gasteiger partial charge in [-0.3, -0.25) is 19.3 Å². The van der Waals surface area contributed by atoms with Gasteiger partial charge in [-0.05, 0) is 25.5 Å². The van der Waals surface area contributed by atoms with Crippen molar-refractivity contribution in [2.45, 2.75) is 26.3 Å². The van der Waals surface area contributed by atoms with E-state index in [1.54, 1.807) is 35.3 Å². The van der Waals surface area contributed by atoms with Gasteiger partial charge in [0.25, 0.3) is 5.91 Å². The predicted octanol–water partition coefficient (Wildman–Crippen LogP) is 1.79. The van der Waals surface area contributed by atoms with Crippen LogP contribution in [-0.2, 0) is 16.1 Å². The van der Waals surface area contributed by atoms with Crippen LogP contribution in [0.5, 0.6) is 0 Å². The molecule has 0 radical (unpaired) electrons. The van der Waals surface area contributed by atoms with Crippen molar-refractivity contribution in [3.05, 3.63) is 41.9 Å². The summed E-state index contributed by atoms with van der Waals surface area (Å²) in [6.07, 6.45) is 4.10. The Bertz CT molecular complexity index is 652. The molecule has 0 aliphatic heterocycles. The van der Waals surface area contributed by atoms with Crippen molar-refractivity contribution in [2.75, 3.05) is 12.4 Å². The van der Waals surface area contributed by atoms with E-state index in [1.807, 2.05) is 6.92 Å². The number of carbonyl (C=O) groups is 2. The Morgan fingerprint density at radius 1 is 1.32 bits per heavy atom. The molecule has 1 amide bonds. The second-order valence-corrected chi connectivity index (χ2v) is 4.76. The molecule has 7 heteroatoms. The smallest absolute Gasteiger partial charge is 0.305 e. The minimum Gasteiger partial charge on any atom is -0.469 e. The molecule has 116 valence electrons. The largest absolute Gasteiger partial charge is 0.469 e. The summed E-state index contributed by atoms with van der Waals surface area (Å²) >= 11 is 0. The number of ether oxygens (including phenoxy) is 1. The number of nitrogens with zero attached hydrogens (tertiary/aromatic N) is 3. The maximum Gasteiger partial charge on any atom is 0.305 e. The molecule has 7 nitrogen and oxygen atoms in total. The van der Waals surface area contributed by atoms with Crippen molar-refractivity contribution in [3.8, 4) is 0 Å². The maximum atomic E-state index is 12.0. The van der Waals surface area contributed by atoms with Gasteiger partial charge in [-0.1, -0.05) is 0 Å². The molecule has 2 aromatic rings. The number of anilines is 1. The molecule has 2 heterocycles. The van der Waals surface area contributed by atoms with E-state index in [2.05, 4.69) is 20.1 Å². The third-order valence-electron chi connectivity index (χ3n) is 3.14. The van der Waals surface area contributed by atoms with E-state index in [1.165, 1.54) is 7.11 Å². The van der Waals surface area contributed by atoms with Crippen molar-refractivity contribution in [1.29, 1.82) is 0 Å². The van der Waals surface area contributed by atoms with Crippen molar-refractivity contribution in [2.24, 2.45) is 0 Å². The number of carbonyl (C=O) groups excluding carboxylic acids is 2. The quantitative estimate of drug-likeness (QED) is 0.822. The zero-order chi connectivity index (χ0) is 15.9. The molecule has 0 unspecified atom stereocenters. The van der Waals surface area contributed by atoms with Crippen LogP contribution in [0.25, 0.3) is 0 Å². The highest BCUT2D eigenvalue weighted by Crippen LogP contribution is 2.11. The Balaban J connectivity index is 1.95. The van der Waals surface area contributed by atoms with Gasteiger partial charge in [0.1, 0.15) is 0 Å². The summed E-state index contributed by atoms with van der Waals surface area (Å²) in [7, 11) is 1.37. The van der Waals surface area contributed by atoms with Crippen molar-refractivity contribution < 1.29 is 14.3 Å². The molecule has 2 aromatic heterocycles. The second-order valence-electron chi connectivity index (χ2n) is 4.76. The minimum absolute atomic E-state index is 0.235. The SMILES string of the molecule is COC(=O)CCCn1nc(NC(=O)c2ccncc2)cc1C. The van der Waals surface area contributed by atoms with E-state index < -0.39 is 0 Å². The Labute approximate surface area is 128 Å². The summed E-state index contributed by atoms with van der Waals surface area (Å²) in [5.74, 6) is 0.00927. The van der Waals surface area contributed by atoms with Crippen LogP contribution in [0.15, 0.2) is 30.6 Å². The average molecular weight is 302 g/mol. The number of hydrogen-bond acceptors (Lipinski definition) is 5. The number of nitrogens with one attached hydrogen (secondary N) is 1. The van der Waals surface area contributed by atoms with Crippen LogP contribution in [0.2, 0.25) is 0 Å². The molecule has 0 bridgehead atoms. The van der Waals surface area contributed by atoms with E-state index >= 15 is 0 Å². The van der Waals surface area contributed by atoms with Crippen LogP contribution < -0.4 is 5.32 Å². The normalized spacial score (nSPS) is 10.3. The molecule has 0 aliphatic carbocycles. The van der Waals surface area contributed by atoms with Crippen LogP contribution in [-0.4, -0.2) is 33.8 Å². The highest BCUT2D eigenvalue weighted by atomic mass is 16.5. The number of aromatic nitrogens is 3. The Kier molecular flexibility index (Phi) is 5.24. The third kappa shape index (κ3) is 4.15. The third-order valence-corrected chi connectivity index (χ3v) is 3.14. The van der Waals surface area contributed by atoms with E-state index in [0.29, 0.717) is 30.8 Å². The number of methoxy groups -OCH3 is 1. The number of hydrogen-bond donors (Lipinski definition) is 1. The summed E-state index contributed by atoms with van der Waals surface area (Å²) in [6, 6.07) is 5.06. The lowest BCUT2D eigenvalue weighted by molar-refractivity contribution is -0.140. The molecule has 0 aromatic carbocycles. The first kappa shape index (κ1) is 15.7. The molecule has 0 saturated carbocycles. The highest BCUT2D eigenvalue weighted by molar-refractivity contribution is 6.03. The number of amides is 1. The van der Waals surface area contributed by atoms with Gasteiger partial charge >= 0.3 is 5.97 Å². The van der Waals surface area contributed by atoms with Crippen molar-refractivity contribution in [1.82, 2.24) is 14.8 Å². The van der Waals surface area contributed by atoms with Gasteiger partial charge in [-0.25, -0.2) is 0 Å². The summed E-state index contributed by atoms with van der Waals surface area (Å²) in [6.45, 7) is 2.49. The highest BCUT2D eigenvalue weighted by Gasteiger charge is 2.10. The predicted molar refractivity (Wildman–Crippen MR) is 80.4 cm³/mol. The van der Waals surface area contributed by atoms with Gasteiger partial charge < -0.3 is 10.1 Å². The fourth-order valence-electron chi connectivity index (χ4n) is 1.96. The molecule has 2 rings (SSSR count). The van der Waals surface area contributed by atoms with E-state index in [0.717, 1.165) is 5.69 Å². The van der Waals surface area contributed by atoms with E-state index in [9.17, 15) is 9.59 Å². The lowest BCUT2D eigenvalue weighted by Crippen LogP contribution is -2.13. The second kappa shape index (κ2) is 7.35. The Morgan fingerprint density at radius 3 is 2.73 bits per heavy atom. The number of pyridine rings is 1.